The Kier molecular flexibility index (Phi) is 3.20. The van der Waals surface area contributed by atoms with Gasteiger partial charge in [-0.2, -0.15) is 8.78 Å². The van der Waals surface area contributed by atoms with Gasteiger partial charge in [0.05, 0.1) is 0 Å². The number of hydrogen-bond donors (Lipinski definition) is 1. The Balaban J connectivity index is 2.45. The third-order valence-electron chi connectivity index (χ3n) is 1.17. The minimum absolute atomic E-state index is 0.0365. The fraction of sp³-hybridized carbons (Fsp3) is 0.429. The Bertz CT molecular complexity index is 305. The van der Waals surface area contributed by atoms with E-state index in [0.717, 1.165) is 0 Å². The summed E-state index contributed by atoms with van der Waals surface area (Å²) in [4.78, 5) is 0. The number of anilines is 1. The van der Waals surface area contributed by atoms with Crippen LogP contribution in [0.2, 0.25) is 0 Å². The number of alkyl halides is 2. The van der Waals surface area contributed by atoms with E-state index < -0.39 is 12.3 Å². The molecular weight excluding hydrogens is 180 g/mol. The lowest BCUT2D eigenvalue weighted by molar-refractivity contribution is 0.116. The molecule has 0 amide bonds. The van der Waals surface area contributed by atoms with Gasteiger partial charge in [-0.05, 0) is 0 Å². The van der Waals surface area contributed by atoms with Crippen molar-refractivity contribution in [3.63, 3.8) is 0 Å². The molecule has 70 valence electrons. The van der Waals surface area contributed by atoms with Crippen LogP contribution in [0.5, 0.6) is 0 Å². The minimum Gasteiger partial charge on any atom is -0.402 e. The SMILES string of the molecule is C#CCCNc1nnc(C(F)F)o1. The number of rotatable bonds is 4. The first kappa shape index (κ1) is 9.45. The fourth-order valence-electron chi connectivity index (χ4n) is 0.636. The van der Waals surface area contributed by atoms with Gasteiger partial charge in [0.25, 0.3) is 5.89 Å². The largest absolute Gasteiger partial charge is 0.402 e. The van der Waals surface area contributed by atoms with Crippen LogP contribution < -0.4 is 5.32 Å². The highest BCUT2D eigenvalue weighted by atomic mass is 19.3. The van der Waals surface area contributed by atoms with Gasteiger partial charge in [0.15, 0.2) is 0 Å². The highest BCUT2D eigenvalue weighted by Crippen LogP contribution is 2.18. The smallest absolute Gasteiger partial charge is 0.315 e. The average molecular weight is 187 g/mol. The van der Waals surface area contributed by atoms with Gasteiger partial charge in [0.1, 0.15) is 0 Å². The summed E-state index contributed by atoms with van der Waals surface area (Å²) in [6, 6.07) is -0.0365. The lowest BCUT2D eigenvalue weighted by Gasteiger charge is -1.94. The summed E-state index contributed by atoms with van der Waals surface area (Å²) < 4.78 is 28.4. The van der Waals surface area contributed by atoms with E-state index in [4.69, 9.17) is 6.42 Å². The second-order valence-electron chi connectivity index (χ2n) is 2.13. The summed E-state index contributed by atoms with van der Waals surface area (Å²) in [7, 11) is 0. The standard InChI is InChI=1S/C7H7F2N3O/c1-2-3-4-10-7-12-11-6(13-7)5(8)9/h1,5H,3-4H2,(H,10,12). The summed E-state index contributed by atoms with van der Waals surface area (Å²) in [5.41, 5.74) is 0. The Labute approximate surface area is 73.3 Å². The van der Waals surface area contributed by atoms with Crippen LogP contribution >= 0.6 is 0 Å². The van der Waals surface area contributed by atoms with Crippen LogP contribution in [0.3, 0.4) is 0 Å². The number of nitrogens with one attached hydrogen (secondary N) is 1. The summed E-state index contributed by atoms with van der Waals surface area (Å²) in [6.45, 7) is 0.418. The molecule has 1 aromatic heterocycles. The second kappa shape index (κ2) is 4.40. The van der Waals surface area contributed by atoms with Crippen molar-refractivity contribution in [2.24, 2.45) is 0 Å². The van der Waals surface area contributed by atoms with Crippen molar-refractivity contribution in [3.05, 3.63) is 5.89 Å². The lowest BCUT2D eigenvalue weighted by atomic mass is 10.4. The lowest BCUT2D eigenvalue weighted by Crippen LogP contribution is -1.99. The average Bonchev–Trinajstić information content (AvgIpc) is 2.53. The summed E-state index contributed by atoms with van der Waals surface area (Å²) in [6.07, 6.45) is 2.69. The number of nitrogens with zero attached hydrogens (tertiary/aromatic N) is 2. The van der Waals surface area contributed by atoms with E-state index in [9.17, 15) is 8.78 Å². The van der Waals surface area contributed by atoms with Gasteiger partial charge in [0.2, 0.25) is 0 Å². The van der Waals surface area contributed by atoms with Crippen molar-refractivity contribution in [2.75, 3.05) is 11.9 Å². The molecule has 0 saturated heterocycles. The quantitative estimate of drug-likeness (QED) is 0.572. The third-order valence-corrected chi connectivity index (χ3v) is 1.17. The number of halogens is 2. The van der Waals surface area contributed by atoms with Crippen LogP contribution in [0.1, 0.15) is 18.7 Å². The molecule has 0 atom stereocenters. The fourth-order valence-corrected chi connectivity index (χ4v) is 0.636. The van der Waals surface area contributed by atoms with Crippen LogP contribution in [0.15, 0.2) is 4.42 Å². The van der Waals surface area contributed by atoms with E-state index in [-0.39, 0.29) is 6.01 Å². The Morgan fingerprint density at radius 3 is 2.85 bits per heavy atom. The molecule has 0 aliphatic rings. The van der Waals surface area contributed by atoms with Crippen molar-refractivity contribution < 1.29 is 13.2 Å². The topological polar surface area (TPSA) is 51.0 Å². The first-order valence-electron chi connectivity index (χ1n) is 3.53. The monoisotopic (exact) mass is 187 g/mol. The van der Waals surface area contributed by atoms with Crippen LogP contribution in [0, 0.1) is 12.3 Å². The minimum atomic E-state index is -2.74. The molecule has 0 radical (unpaired) electrons. The Morgan fingerprint density at radius 1 is 1.54 bits per heavy atom. The maximum atomic E-state index is 11.9. The maximum absolute atomic E-state index is 11.9. The van der Waals surface area contributed by atoms with Crippen molar-refractivity contribution in [1.82, 2.24) is 10.2 Å². The number of terminal acetylenes is 1. The molecule has 1 N–H and O–H groups in total. The molecule has 0 unspecified atom stereocenters. The van der Waals surface area contributed by atoms with Crippen molar-refractivity contribution in [1.29, 1.82) is 0 Å². The molecule has 0 bridgehead atoms. The maximum Gasteiger partial charge on any atom is 0.315 e. The van der Waals surface area contributed by atoms with E-state index in [2.05, 4.69) is 25.9 Å². The summed E-state index contributed by atoms with van der Waals surface area (Å²) in [5.74, 6) is 1.68. The molecule has 0 fully saturated rings. The van der Waals surface area contributed by atoms with E-state index in [0.29, 0.717) is 13.0 Å². The molecule has 0 saturated carbocycles. The zero-order valence-electron chi connectivity index (χ0n) is 6.63. The van der Waals surface area contributed by atoms with E-state index in [1.54, 1.807) is 0 Å². The highest BCUT2D eigenvalue weighted by Gasteiger charge is 2.15. The second-order valence-corrected chi connectivity index (χ2v) is 2.13. The van der Waals surface area contributed by atoms with Gasteiger partial charge in [-0.25, -0.2) is 0 Å². The van der Waals surface area contributed by atoms with Gasteiger partial charge < -0.3 is 9.73 Å². The molecule has 4 nitrogen and oxygen atoms in total. The van der Waals surface area contributed by atoms with Crippen LogP contribution in [0.4, 0.5) is 14.8 Å². The van der Waals surface area contributed by atoms with E-state index in [1.807, 2.05) is 0 Å². The van der Waals surface area contributed by atoms with Gasteiger partial charge >= 0.3 is 12.4 Å². The van der Waals surface area contributed by atoms with Crippen LogP contribution in [-0.4, -0.2) is 16.7 Å². The van der Waals surface area contributed by atoms with Gasteiger partial charge in [-0.15, -0.1) is 17.4 Å². The van der Waals surface area contributed by atoms with Crippen LogP contribution in [0.25, 0.3) is 0 Å². The molecule has 0 aromatic carbocycles. The molecule has 1 rings (SSSR count). The first-order valence-corrected chi connectivity index (χ1v) is 3.53. The van der Waals surface area contributed by atoms with E-state index in [1.165, 1.54) is 0 Å². The first-order chi connectivity index (χ1) is 6.24. The Hall–Kier alpha value is -1.64. The number of aromatic nitrogens is 2. The zero-order chi connectivity index (χ0) is 9.68. The normalized spacial score (nSPS) is 10.0. The van der Waals surface area contributed by atoms with Crippen LogP contribution in [-0.2, 0) is 0 Å². The van der Waals surface area contributed by atoms with Gasteiger partial charge in [-0.1, -0.05) is 5.10 Å². The predicted octanol–water partition coefficient (Wildman–Crippen LogP) is 1.44. The summed E-state index contributed by atoms with van der Waals surface area (Å²) in [5, 5.41) is 9.05. The van der Waals surface area contributed by atoms with Gasteiger partial charge in [0, 0.05) is 13.0 Å². The van der Waals surface area contributed by atoms with Crippen molar-refractivity contribution in [2.45, 2.75) is 12.8 Å². The van der Waals surface area contributed by atoms with Gasteiger partial charge in [-0.3, -0.25) is 0 Å². The van der Waals surface area contributed by atoms with Crippen molar-refractivity contribution >= 4 is 6.01 Å². The molecule has 1 heterocycles. The molecule has 6 heteroatoms. The number of hydrogen-bond acceptors (Lipinski definition) is 4. The molecule has 0 aliphatic carbocycles. The molecule has 1 aromatic rings. The Morgan fingerprint density at radius 2 is 2.31 bits per heavy atom. The third kappa shape index (κ3) is 2.71. The molecule has 0 spiro atoms. The molecule has 13 heavy (non-hydrogen) atoms. The molecular formula is C7H7F2N3O. The zero-order valence-corrected chi connectivity index (χ0v) is 6.63. The van der Waals surface area contributed by atoms with E-state index >= 15 is 0 Å². The highest BCUT2D eigenvalue weighted by molar-refractivity contribution is 5.17. The van der Waals surface area contributed by atoms with Crippen molar-refractivity contribution in [3.8, 4) is 12.3 Å². The summed E-state index contributed by atoms with van der Waals surface area (Å²) >= 11 is 0. The molecule has 0 aliphatic heterocycles. The predicted molar refractivity (Wildman–Crippen MR) is 41.2 cm³/mol.